The van der Waals surface area contributed by atoms with E-state index in [1.165, 1.54) is 50.2 Å². The summed E-state index contributed by atoms with van der Waals surface area (Å²) in [5.41, 5.74) is 1.26. The molecular formula is C21H35NO7S. The van der Waals surface area contributed by atoms with Crippen LogP contribution in [-0.4, -0.2) is 39.1 Å². The van der Waals surface area contributed by atoms with E-state index in [-0.39, 0.29) is 13.0 Å². The standard InChI is InChI=1S/C21H35NO7S/c1-3-5-6-7-8-9-10-18-11-13-20(14-12-18)26-16-21(15-19(23)4-2)27-17-28-30(24,25)29-22/h4,11-14,19,21,23H,2-3,5-10,15-17,22H2,1H3. The minimum atomic E-state index is -4.31. The second kappa shape index (κ2) is 15.3. The van der Waals surface area contributed by atoms with Crippen molar-refractivity contribution in [3.8, 4) is 5.75 Å². The number of ether oxygens (including phenoxy) is 2. The van der Waals surface area contributed by atoms with Crippen LogP contribution in [0.1, 0.15) is 57.4 Å². The molecule has 0 aliphatic carbocycles. The third kappa shape index (κ3) is 12.3. The maximum atomic E-state index is 11.1. The van der Waals surface area contributed by atoms with Crippen molar-refractivity contribution >= 4 is 10.4 Å². The topological polar surface area (TPSA) is 117 Å². The van der Waals surface area contributed by atoms with E-state index in [0.717, 1.165) is 6.42 Å². The first-order chi connectivity index (χ1) is 14.4. The zero-order valence-electron chi connectivity index (χ0n) is 17.7. The predicted octanol–water partition coefficient (Wildman–Crippen LogP) is 3.40. The minimum Gasteiger partial charge on any atom is -0.491 e. The molecule has 0 saturated heterocycles. The first-order valence-electron chi connectivity index (χ1n) is 10.3. The van der Waals surface area contributed by atoms with Crippen LogP contribution in [0.15, 0.2) is 36.9 Å². The van der Waals surface area contributed by atoms with E-state index in [2.05, 4.69) is 27.9 Å². The summed E-state index contributed by atoms with van der Waals surface area (Å²) in [6, 6.07) is 7.83. The Morgan fingerprint density at radius 1 is 1.13 bits per heavy atom. The van der Waals surface area contributed by atoms with Crippen LogP contribution in [0.5, 0.6) is 5.75 Å². The van der Waals surface area contributed by atoms with Gasteiger partial charge in [0.25, 0.3) is 0 Å². The first-order valence-corrected chi connectivity index (χ1v) is 11.6. The van der Waals surface area contributed by atoms with Gasteiger partial charge in [-0.3, -0.25) is 0 Å². The molecule has 0 bridgehead atoms. The smallest absolute Gasteiger partial charge is 0.418 e. The minimum absolute atomic E-state index is 0.0918. The number of unbranched alkanes of at least 4 members (excludes halogenated alkanes) is 5. The van der Waals surface area contributed by atoms with Gasteiger partial charge in [0, 0.05) is 6.42 Å². The van der Waals surface area contributed by atoms with Gasteiger partial charge in [0.05, 0.1) is 12.2 Å². The van der Waals surface area contributed by atoms with E-state index in [1.54, 1.807) is 0 Å². The Hall–Kier alpha value is -1.49. The van der Waals surface area contributed by atoms with Crippen LogP contribution in [0.25, 0.3) is 0 Å². The summed E-state index contributed by atoms with van der Waals surface area (Å²) in [6.07, 6.45) is 8.68. The molecule has 0 aromatic heterocycles. The lowest BCUT2D eigenvalue weighted by molar-refractivity contribution is -0.0676. The van der Waals surface area contributed by atoms with Gasteiger partial charge >= 0.3 is 10.4 Å². The van der Waals surface area contributed by atoms with Crippen molar-refractivity contribution in [1.82, 2.24) is 0 Å². The van der Waals surface area contributed by atoms with E-state index in [9.17, 15) is 13.5 Å². The maximum Gasteiger partial charge on any atom is 0.418 e. The zero-order chi connectivity index (χ0) is 22.2. The average molecular weight is 446 g/mol. The number of rotatable bonds is 18. The molecule has 0 spiro atoms. The summed E-state index contributed by atoms with van der Waals surface area (Å²) in [7, 11) is -4.31. The number of aliphatic hydroxyl groups is 1. The molecule has 2 unspecified atom stereocenters. The number of aliphatic hydroxyl groups excluding tert-OH is 1. The van der Waals surface area contributed by atoms with E-state index in [1.807, 2.05) is 24.3 Å². The summed E-state index contributed by atoms with van der Waals surface area (Å²) >= 11 is 0. The molecule has 0 fully saturated rings. The lowest BCUT2D eigenvalue weighted by Gasteiger charge is -2.20. The third-order valence-electron chi connectivity index (χ3n) is 4.57. The van der Waals surface area contributed by atoms with Gasteiger partial charge in [-0.2, -0.15) is 18.6 Å². The molecule has 0 amide bonds. The first kappa shape index (κ1) is 26.5. The molecule has 0 heterocycles. The molecule has 0 saturated carbocycles. The van der Waals surface area contributed by atoms with Crippen molar-refractivity contribution in [2.24, 2.45) is 5.90 Å². The van der Waals surface area contributed by atoms with Crippen molar-refractivity contribution in [2.45, 2.75) is 70.5 Å². The SMILES string of the molecule is C=CC(O)CC(COc1ccc(CCCCCCCC)cc1)OCOS(=O)(=O)ON. The second-order valence-electron chi connectivity index (χ2n) is 7.04. The highest BCUT2D eigenvalue weighted by molar-refractivity contribution is 7.81. The monoisotopic (exact) mass is 445 g/mol. The maximum absolute atomic E-state index is 11.1. The van der Waals surface area contributed by atoms with Crippen molar-refractivity contribution in [3.05, 3.63) is 42.5 Å². The summed E-state index contributed by atoms with van der Waals surface area (Å²) in [5.74, 6) is 5.24. The summed E-state index contributed by atoms with van der Waals surface area (Å²) in [6.45, 7) is 5.20. The van der Waals surface area contributed by atoms with Gasteiger partial charge in [-0.1, -0.05) is 57.2 Å². The van der Waals surface area contributed by atoms with Gasteiger partial charge in [-0.15, -0.1) is 6.58 Å². The lowest BCUT2D eigenvalue weighted by atomic mass is 10.0. The molecule has 1 rings (SSSR count). The molecule has 9 heteroatoms. The Labute approximate surface area is 180 Å². The highest BCUT2D eigenvalue weighted by Gasteiger charge is 2.17. The molecule has 30 heavy (non-hydrogen) atoms. The summed E-state index contributed by atoms with van der Waals surface area (Å²) in [4.78, 5) is 0. The van der Waals surface area contributed by atoms with E-state index in [0.29, 0.717) is 5.75 Å². The van der Waals surface area contributed by atoms with Crippen LogP contribution in [0, 0.1) is 0 Å². The molecule has 1 aromatic rings. The fourth-order valence-electron chi connectivity index (χ4n) is 2.81. The second-order valence-corrected chi connectivity index (χ2v) is 8.28. The van der Waals surface area contributed by atoms with Crippen LogP contribution in [-0.2, 0) is 30.0 Å². The van der Waals surface area contributed by atoms with Crippen LogP contribution < -0.4 is 10.6 Å². The molecule has 3 N–H and O–H groups in total. The molecule has 0 aliphatic rings. The van der Waals surface area contributed by atoms with Crippen LogP contribution in [0.2, 0.25) is 0 Å². The van der Waals surface area contributed by atoms with Crippen LogP contribution in [0.3, 0.4) is 0 Å². The highest BCUT2D eigenvalue weighted by atomic mass is 32.3. The Bertz CT molecular complexity index is 679. The van der Waals surface area contributed by atoms with Gasteiger partial charge in [-0.25, -0.2) is 4.18 Å². The molecular weight excluding hydrogens is 410 g/mol. The van der Waals surface area contributed by atoms with Gasteiger partial charge in [0.2, 0.25) is 0 Å². The van der Waals surface area contributed by atoms with E-state index < -0.39 is 29.4 Å². The molecule has 2 atom stereocenters. The Kier molecular flexibility index (Phi) is 13.6. The average Bonchev–Trinajstić information content (AvgIpc) is 2.75. The highest BCUT2D eigenvalue weighted by Crippen LogP contribution is 2.16. The van der Waals surface area contributed by atoms with Crippen molar-refractivity contribution in [1.29, 1.82) is 0 Å². The Morgan fingerprint density at radius 3 is 2.43 bits per heavy atom. The molecule has 1 aromatic carbocycles. The van der Waals surface area contributed by atoms with Crippen LogP contribution in [0.4, 0.5) is 0 Å². The van der Waals surface area contributed by atoms with Gasteiger partial charge in [0.15, 0.2) is 6.79 Å². The number of benzene rings is 1. The van der Waals surface area contributed by atoms with E-state index >= 15 is 0 Å². The normalized spacial score (nSPS) is 13.7. The number of hydrogen-bond acceptors (Lipinski definition) is 8. The summed E-state index contributed by atoms with van der Waals surface area (Å²) in [5, 5.41) is 9.76. The van der Waals surface area contributed by atoms with Crippen molar-refractivity contribution < 1.29 is 31.5 Å². The summed E-state index contributed by atoms with van der Waals surface area (Å²) < 4.78 is 41.3. The van der Waals surface area contributed by atoms with Gasteiger partial charge in [0.1, 0.15) is 12.4 Å². The van der Waals surface area contributed by atoms with Gasteiger partial charge in [-0.05, 0) is 30.5 Å². The lowest BCUT2D eigenvalue weighted by Crippen LogP contribution is -2.28. The fourth-order valence-corrected chi connectivity index (χ4v) is 3.04. The number of nitrogens with two attached hydrogens (primary N) is 1. The molecule has 0 radical (unpaired) electrons. The van der Waals surface area contributed by atoms with E-state index in [4.69, 9.17) is 9.47 Å². The van der Waals surface area contributed by atoms with Gasteiger partial charge < -0.3 is 14.6 Å². The third-order valence-corrected chi connectivity index (χ3v) is 5.19. The predicted molar refractivity (Wildman–Crippen MR) is 115 cm³/mol. The number of aryl methyl sites for hydroxylation is 1. The largest absolute Gasteiger partial charge is 0.491 e. The zero-order valence-corrected chi connectivity index (χ0v) is 18.5. The quantitative estimate of drug-likeness (QED) is 0.153. The van der Waals surface area contributed by atoms with Crippen LogP contribution >= 0.6 is 0 Å². The Morgan fingerprint density at radius 2 is 1.80 bits per heavy atom. The van der Waals surface area contributed by atoms with Crippen molar-refractivity contribution in [3.63, 3.8) is 0 Å². The molecule has 8 nitrogen and oxygen atoms in total. The Balaban J connectivity index is 2.44. The number of hydrogen-bond donors (Lipinski definition) is 2. The molecule has 0 aliphatic heterocycles. The fraction of sp³-hybridized carbons (Fsp3) is 0.619. The van der Waals surface area contributed by atoms with Crippen molar-refractivity contribution in [2.75, 3.05) is 13.4 Å². The molecule has 172 valence electrons.